The standard InChI is InChI=1S/C26H42O9/c1-12-14-6-5-13-8-25(14,11-24(13,4)32)9-17(28)26(33)15(12)7-18(23(26,2)3)35-22-21(31)20(30)19(29)16(10-27)34-22/h13-22,27-33H,1,5-11H2,2-4H3/t13-,14-,15-,16-,17-,18+,19-,20+,21-,22+,24+,25+,26-/m0/s1. The van der Waals surface area contributed by atoms with E-state index in [2.05, 4.69) is 6.58 Å². The molecule has 4 aliphatic carbocycles. The van der Waals surface area contributed by atoms with E-state index in [1.807, 2.05) is 20.8 Å². The zero-order valence-electron chi connectivity index (χ0n) is 20.9. The van der Waals surface area contributed by atoms with Gasteiger partial charge in [-0.15, -0.1) is 0 Å². The van der Waals surface area contributed by atoms with Gasteiger partial charge in [0.15, 0.2) is 6.29 Å². The van der Waals surface area contributed by atoms with Crippen molar-refractivity contribution in [1.82, 2.24) is 0 Å². The van der Waals surface area contributed by atoms with E-state index >= 15 is 0 Å². The van der Waals surface area contributed by atoms with Gasteiger partial charge in [0.25, 0.3) is 0 Å². The third-order valence-electron chi connectivity index (χ3n) is 10.8. The van der Waals surface area contributed by atoms with Crippen LogP contribution in [0, 0.1) is 28.6 Å². The summed E-state index contributed by atoms with van der Waals surface area (Å²) >= 11 is 0. The quantitative estimate of drug-likeness (QED) is 0.262. The fourth-order valence-electron chi connectivity index (χ4n) is 8.71. The maximum atomic E-state index is 12.2. The molecule has 5 aliphatic rings. The third-order valence-corrected chi connectivity index (χ3v) is 10.8. The molecule has 0 aromatic heterocycles. The monoisotopic (exact) mass is 498 g/mol. The minimum absolute atomic E-state index is 0.0724. The van der Waals surface area contributed by atoms with Gasteiger partial charge in [-0.25, -0.2) is 0 Å². The molecule has 4 saturated carbocycles. The highest BCUT2D eigenvalue weighted by atomic mass is 16.7. The van der Waals surface area contributed by atoms with Crippen LogP contribution in [0.4, 0.5) is 0 Å². The van der Waals surface area contributed by atoms with E-state index in [9.17, 15) is 35.7 Å². The Morgan fingerprint density at radius 3 is 2.31 bits per heavy atom. The molecule has 7 N–H and O–H groups in total. The highest BCUT2D eigenvalue weighted by Crippen LogP contribution is 2.69. The smallest absolute Gasteiger partial charge is 0.186 e. The van der Waals surface area contributed by atoms with Crippen molar-refractivity contribution in [1.29, 1.82) is 0 Å². The minimum Gasteiger partial charge on any atom is -0.394 e. The molecule has 0 radical (unpaired) electrons. The average molecular weight is 499 g/mol. The van der Waals surface area contributed by atoms with Crippen molar-refractivity contribution in [3.8, 4) is 0 Å². The van der Waals surface area contributed by atoms with Crippen molar-refractivity contribution >= 4 is 0 Å². The second kappa shape index (κ2) is 8.19. The Morgan fingerprint density at radius 2 is 1.66 bits per heavy atom. The van der Waals surface area contributed by atoms with Crippen molar-refractivity contribution in [3.05, 3.63) is 12.2 Å². The van der Waals surface area contributed by atoms with E-state index in [1.165, 1.54) is 0 Å². The molecule has 1 saturated heterocycles. The number of hydrogen-bond acceptors (Lipinski definition) is 9. The van der Waals surface area contributed by atoms with Crippen LogP contribution >= 0.6 is 0 Å². The van der Waals surface area contributed by atoms with Crippen LogP contribution in [0.3, 0.4) is 0 Å². The lowest BCUT2D eigenvalue weighted by molar-refractivity contribution is -0.321. The number of hydrogen-bond donors (Lipinski definition) is 7. The van der Waals surface area contributed by atoms with Crippen LogP contribution < -0.4 is 0 Å². The summed E-state index contributed by atoms with van der Waals surface area (Å²) in [4.78, 5) is 0. The molecule has 0 unspecified atom stereocenters. The zero-order valence-corrected chi connectivity index (χ0v) is 20.9. The summed E-state index contributed by atoms with van der Waals surface area (Å²) in [6.45, 7) is 9.42. The molecule has 0 aromatic carbocycles. The second-order valence-corrected chi connectivity index (χ2v) is 12.9. The first kappa shape index (κ1) is 26.0. The molecule has 1 heterocycles. The zero-order chi connectivity index (χ0) is 25.7. The number of ether oxygens (including phenoxy) is 2. The predicted molar refractivity (Wildman–Crippen MR) is 124 cm³/mol. The van der Waals surface area contributed by atoms with E-state index in [-0.39, 0.29) is 17.3 Å². The first-order chi connectivity index (χ1) is 16.2. The summed E-state index contributed by atoms with van der Waals surface area (Å²) in [5.74, 6) is -0.210. The summed E-state index contributed by atoms with van der Waals surface area (Å²) < 4.78 is 11.7. The van der Waals surface area contributed by atoms with Gasteiger partial charge in [0.1, 0.15) is 30.0 Å². The first-order valence-electron chi connectivity index (χ1n) is 13.0. The fourth-order valence-corrected chi connectivity index (χ4v) is 8.71. The third kappa shape index (κ3) is 3.47. The average Bonchev–Trinajstić information content (AvgIpc) is 3.08. The van der Waals surface area contributed by atoms with Crippen LogP contribution in [-0.2, 0) is 9.47 Å². The van der Waals surface area contributed by atoms with E-state index in [4.69, 9.17) is 9.47 Å². The molecule has 0 amide bonds. The van der Waals surface area contributed by atoms with Crippen LogP contribution in [0.2, 0.25) is 0 Å². The van der Waals surface area contributed by atoms with Gasteiger partial charge in [-0.2, -0.15) is 0 Å². The topological polar surface area (TPSA) is 160 Å². The summed E-state index contributed by atoms with van der Waals surface area (Å²) in [7, 11) is 0. The Hall–Kier alpha value is -0.620. The molecule has 2 bridgehead atoms. The van der Waals surface area contributed by atoms with Gasteiger partial charge >= 0.3 is 0 Å². The lowest BCUT2D eigenvalue weighted by Crippen LogP contribution is -2.61. The van der Waals surface area contributed by atoms with Crippen LogP contribution in [0.25, 0.3) is 0 Å². The number of aliphatic hydroxyl groups excluding tert-OH is 5. The highest BCUT2D eigenvalue weighted by molar-refractivity contribution is 5.30. The Bertz CT molecular complexity index is 858. The van der Waals surface area contributed by atoms with Crippen molar-refractivity contribution < 1.29 is 45.2 Å². The SMILES string of the molecule is C=C1[C@@H]2CC[C@H]3C[C@@]2(C[C@H](O)[C@@]2(O)[C@H]1C[C@@H](O[C@H]1O[C@@H](CO)[C@H](O)[C@@H](O)[C@@H]1O)C2(C)C)C[C@@]3(C)O. The maximum Gasteiger partial charge on any atom is 0.186 e. The van der Waals surface area contributed by atoms with Gasteiger partial charge in [-0.3, -0.25) is 0 Å². The molecular weight excluding hydrogens is 456 g/mol. The lowest BCUT2D eigenvalue weighted by Gasteiger charge is -2.47. The first-order valence-corrected chi connectivity index (χ1v) is 13.0. The van der Waals surface area contributed by atoms with Gasteiger partial charge in [0, 0.05) is 11.3 Å². The van der Waals surface area contributed by atoms with E-state index in [1.54, 1.807) is 0 Å². The molecule has 35 heavy (non-hydrogen) atoms. The predicted octanol–water partition coefficient (Wildman–Crippen LogP) is -0.173. The van der Waals surface area contributed by atoms with Crippen molar-refractivity contribution in [3.63, 3.8) is 0 Å². The summed E-state index contributed by atoms with van der Waals surface area (Å²) in [5, 5.41) is 75.2. The Kier molecular flexibility index (Phi) is 6.08. The van der Waals surface area contributed by atoms with E-state index in [0.717, 1.165) is 24.8 Å². The molecule has 200 valence electrons. The van der Waals surface area contributed by atoms with Crippen LogP contribution in [-0.4, -0.2) is 96.5 Å². The molecule has 13 atom stereocenters. The largest absolute Gasteiger partial charge is 0.394 e. The Morgan fingerprint density at radius 1 is 0.971 bits per heavy atom. The maximum absolute atomic E-state index is 12.2. The minimum atomic E-state index is -1.56. The summed E-state index contributed by atoms with van der Waals surface area (Å²) in [6, 6.07) is 0. The molecule has 9 heteroatoms. The fraction of sp³-hybridized carbons (Fsp3) is 0.923. The van der Waals surface area contributed by atoms with Crippen LogP contribution in [0.15, 0.2) is 12.2 Å². The molecule has 1 spiro atoms. The molecule has 5 fully saturated rings. The van der Waals surface area contributed by atoms with Crippen LogP contribution in [0.5, 0.6) is 0 Å². The lowest BCUT2D eigenvalue weighted by atomic mass is 9.63. The number of fused-ring (bicyclic) bond motifs is 2. The van der Waals surface area contributed by atoms with Gasteiger partial charge in [-0.05, 0) is 62.7 Å². The number of rotatable bonds is 3. The molecular formula is C26H42O9. The van der Waals surface area contributed by atoms with Crippen molar-refractivity contribution in [2.75, 3.05) is 6.61 Å². The highest BCUT2D eigenvalue weighted by Gasteiger charge is 2.70. The van der Waals surface area contributed by atoms with E-state index in [0.29, 0.717) is 19.3 Å². The second-order valence-electron chi connectivity index (χ2n) is 12.9. The molecule has 0 aromatic rings. The Balaban J connectivity index is 1.44. The summed E-state index contributed by atoms with van der Waals surface area (Å²) in [6.07, 6.45) is -4.90. The van der Waals surface area contributed by atoms with Crippen molar-refractivity contribution in [2.24, 2.45) is 28.6 Å². The number of aliphatic hydroxyl groups is 7. The molecule has 5 rings (SSSR count). The van der Waals surface area contributed by atoms with Gasteiger partial charge < -0.3 is 45.2 Å². The van der Waals surface area contributed by atoms with Gasteiger partial charge in [-0.1, -0.05) is 26.0 Å². The Labute approximate surface area is 206 Å². The van der Waals surface area contributed by atoms with Gasteiger partial charge in [0.05, 0.1) is 24.4 Å². The van der Waals surface area contributed by atoms with Crippen molar-refractivity contribution in [2.45, 2.75) is 113 Å². The summed E-state index contributed by atoms with van der Waals surface area (Å²) in [5.41, 5.74) is -2.75. The molecule has 9 nitrogen and oxygen atoms in total. The van der Waals surface area contributed by atoms with Crippen LogP contribution in [0.1, 0.15) is 59.3 Å². The van der Waals surface area contributed by atoms with Gasteiger partial charge in [0.2, 0.25) is 0 Å². The molecule has 1 aliphatic heterocycles. The normalized spacial score (nSPS) is 57.5. The van der Waals surface area contributed by atoms with E-state index < -0.39 is 72.1 Å².